The molecule has 3 amide bonds. The summed E-state index contributed by atoms with van der Waals surface area (Å²) in [7, 11) is 0. The van der Waals surface area contributed by atoms with E-state index in [1.54, 1.807) is 16.7 Å². The summed E-state index contributed by atoms with van der Waals surface area (Å²) in [5.74, 6) is -1.90. The van der Waals surface area contributed by atoms with Gasteiger partial charge in [0, 0.05) is 29.7 Å². The number of likely N-dealkylation sites (tertiary alicyclic amines) is 2. The van der Waals surface area contributed by atoms with E-state index in [0.717, 1.165) is 50.2 Å². The smallest absolute Gasteiger partial charge is 0.246 e. The van der Waals surface area contributed by atoms with Crippen LogP contribution in [-0.2, 0) is 19.1 Å². The Kier molecular flexibility index (Phi) is 7.75. The molecule has 1 aromatic carbocycles. The molecule has 5 unspecified atom stereocenters. The monoisotopic (exact) mass is 552 g/mol. The number of rotatable bonds is 8. The molecule has 5 aliphatic rings. The highest BCUT2D eigenvalue weighted by molar-refractivity contribution is 7.98. The Labute approximate surface area is 235 Å². The third-order valence-corrected chi connectivity index (χ3v) is 10.0. The fourth-order valence-corrected chi connectivity index (χ4v) is 7.85. The van der Waals surface area contributed by atoms with Crippen LogP contribution in [0.4, 0.5) is 5.69 Å². The lowest BCUT2D eigenvalue weighted by Gasteiger charge is -2.35. The first kappa shape index (κ1) is 26.8. The van der Waals surface area contributed by atoms with Gasteiger partial charge in [-0.15, -0.1) is 11.8 Å². The number of amides is 3. The molecule has 0 aromatic heterocycles. The molecule has 8 nitrogen and oxygen atoms in total. The third kappa shape index (κ3) is 5.02. The Hall–Kier alpha value is -2.36. The number of thioether (sulfide) groups is 1. The molecule has 210 valence electrons. The minimum absolute atomic E-state index is 0.131. The lowest BCUT2D eigenvalue weighted by atomic mass is 9.74. The van der Waals surface area contributed by atoms with E-state index >= 15 is 0 Å². The number of benzene rings is 1. The van der Waals surface area contributed by atoms with E-state index < -0.39 is 29.6 Å². The van der Waals surface area contributed by atoms with Crippen molar-refractivity contribution in [1.29, 1.82) is 0 Å². The van der Waals surface area contributed by atoms with Crippen LogP contribution in [-0.4, -0.2) is 83.7 Å². The summed E-state index contributed by atoms with van der Waals surface area (Å²) in [6.07, 6.45) is 14.2. The van der Waals surface area contributed by atoms with Crippen LogP contribution in [0.25, 0.3) is 0 Å². The number of carbonyl (C=O) groups excluding carboxylic acids is 3. The SMILES string of the molecule is CSc1cccc(NC(=O)C2C3C=CC4(O3)C2C(=O)N(CCN2CCCCC2)C4C(=O)NC2CCCCC2)c1. The van der Waals surface area contributed by atoms with Crippen molar-refractivity contribution in [3.05, 3.63) is 36.4 Å². The summed E-state index contributed by atoms with van der Waals surface area (Å²) < 4.78 is 6.50. The van der Waals surface area contributed by atoms with Gasteiger partial charge in [0.05, 0.1) is 17.9 Å². The van der Waals surface area contributed by atoms with Gasteiger partial charge in [-0.05, 0) is 63.2 Å². The Bertz CT molecular complexity index is 1130. The maximum atomic E-state index is 14.1. The van der Waals surface area contributed by atoms with E-state index in [2.05, 4.69) is 15.5 Å². The Morgan fingerprint density at radius 2 is 1.82 bits per heavy atom. The van der Waals surface area contributed by atoms with E-state index in [9.17, 15) is 14.4 Å². The van der Waals surface area contributed by atoms with Gasteiger partial charge in [-0.3, -0.25) is 14.4 Å². The molecule has 4 aliphatic heterocycles. The van der Waals surface area contributed by atoms with Gasteiger partial charge in [0.1, 0.15) is 11.6 Å². The molecule has 4 fully saturated rings. The average molecular weight is 553 g/mol. The van der Waals surface area contributed by atoms with Crippen LogP contribution in [0.5, 0.6) is 0 Å². The van der Waals surface area contributed by atoms with Crippen molar-refractivity contribution >= 4 is 35.2 Å². The zero-order valence-corrected chi connectivity index (χ0v) is 23.6. The molecule has 9 heteroatoms. The minimum Gasteiger partial charge on any atom is -0.359 e. The molecule has 5 atom stereocenters. The van der Waals surface area contributed by atoms with E-state index in [0.29, 0.717) is 12.2 Å². The van der Waals surface area contributed by atoms with E-state index in [1.165, 1.54) is 25.7 Å². The molecule has 6 rings (SSSR count). The number of hydrogen-bond donors (Lipinski definition) is 2. The first-order chi connectivity index (χ1) is 19.0. The molecule has 1 saturated carbocycles. The van der Waals surface area contributed by atoms with Gasteiger partial charge in [0.25, 0.3) is 0 Å². The number of piperidine rings is 1. The number of ether oxygens (including phenoxy) is 1. The van der Waals surface area contributed by atoms with E-state index in [1.807, 2.05) is 42.7 Å². The molecule has 0 radical (unpaired) electrons. The number of carbonyl (C=O) groups is 3. The molecular weight excluding hydrogens is 512 g/mol. The normalized spacial score (nSPS) is 32.4. The summed E-state index contributed by atoms with van der Waals surface area (Å²) in [4.78, 5) is 46.9. The molecule has 3 saturated heterocycles. The van der Waals surface area contributed by atoms with Crippen molar-refractivity contribution < 1.29 is 19.1 Å². The van der Waals surface area contributed by atoms with Crippen molar-refractivity contribution in [3.8, 4) is 0 Å². The van der Waals surface area contributed by atoms with E-state index in [-0.39, 0.29) is 23.8 Å². The zero-order valence-electron chi connectivity index (χ0n) is 22.8. The molecule has 4 heterocycles. The van der Waals surface area contributed by atoms with Crippen molar-refractivity contribution in [1.82, 2.24) is 15.1 Å². The largest absolute Gasteiger partial charge is 0.359 e. The van der Waals surface area contributed by atoms with Gasteiger partial charge >= 0.3 is 0 Å². The van der Waals surface area contributed by atoms with Crippen LogP contribution in [0.15, 0.2) is 41.3 Å². The predicted octanol–water partition coefficient (Wildman–Crippen LogP) is 3.43. The minimum atomic E-state index is -1.11. The van der Waals surface area contributed by atoms with Gasteiger partial charge in [0.2, 0.25) is 17.7 Å². The summed E-state index contributed by atoms with van der Waals surface area (Å²) in [6.45, 7) is 3.24. The number of hydrogen-bond acceptors (Lipinski definition) is 6. The second kappa shape index (κ2) is 11.3. The van der Waals surface area contributed by atoms with Gasteiger partial charge in [-0.2, -0.15) is 0 Å². The number of fused-ring (bicyclic) bond motifs is 1. The topological polar surface area (TPSA) is 91.0 Å². The van der Waals surface area contributed by atoms with Crippen LogP contribution in [0.1, 0.15) is 51.4 Å². The van der Waals surface area contributed by atoms with Gasteiger partial charge in [0.15, 0.2) is 0 Å². The summed E-state index contributed by atoms with van der Waals surface area (Å²) in [5, 5.41) is 6.31. The van der Waals surface area contributed by atoms with Gasteiger partial charge in [-0.1, -0.05) is 43.9 Å². The lowest BCUT2D eigenvalue weighted by molar-refractivity contribution is -0.141. The average Bonchev–Trinajstić information content (AvgIpc) is 3.60. The molecule has 2 N–H and O–H groups in total. The number of anilines is 1. The summed E-state index contributed by atoms with van der Waals surface area (Å²) in [6, 6.07) is 7.07. The Balaban J connectivity index is 1.26. The molecule has 1 aliphatic carbocycles. The standard InChI is InChI=1S/C30H40N4O4S/c1-39-22-12-8-11-21(19-22)32-27(35)24-23-13-14-30(38-23)25(24)29(37)34(18-17-33-15-6-3-7-16-33)26(30)28(36)31-20-9-4-2-5-10-20/h8,11-14,19-20,23-26H,2-7,9-10,15-18H2,1H3,(H,31,36)(H,32,35). The molecular formula is C30H40N4O4S. The van der Waals surface area contributed by atoms with Gasteiger partial charge in [-0.25, -0.2) is 0 Å². The van der Waals surface area contributed by atoms with Gasteiger partial charge < -0.3 is 25.2 Å². The van der Waals surface area contributed by atoms with Crippen molar-refractivity contribution in [3.63, 3.8) is 0 Å². The van der Waals surface area contributed by atoms with Crippen LogP contribution in [0, 0.1) is 11.8 Å². The van der Waals surface area contributed by atoms with Crippen molar-refractivity contribution in [2.75, 3.05) is 37.8 Å². The summed E-state index contributed by atoms with van der Waals surface area (Å²) in [5.41, 5.74) is -0.405. The fourth-order valence-electron chi connectivity index (χ4n) is 7.39. The van der Waals surface area contributed by atoms with Crippen molar-refractivity contribution in [2.24, 2.45) is 11.8 Å². The Morgan fingerprint density at radius 3 is 2.59 bits per heavy atom. The second-order valence-electron chi connectivity index (χ2n) is 11.7. The predicted molar refractivity (Wildman–Crippen MR) is 151 cm³/mol. The van der Waals surface area contributed by atoms with Crippen LogP contribution in [0.3, 0.4) is 0 Å². The zero-order chi connectivity index (χ0) is 27.0. The first-order valence-corrected chi connectivity index (χ1v) is 15.9. The molecule has 39 heavy (non-hydrogen) atoms. The maximum Gasteiger partial charge on any atom is 0.246 e. The quantitative estimate of drug-likeness (QED) is 0.379. The molecule has 1 aromatic rings. The fraction of sp³-hybridized carbons (Fsp3) is 0.633. The van der Waals surface area contributed by atoms with Crippen LogP contribution in [0.2, 0.25) is 0 Å². The third-order valence-electron chi connectivity index (χ3n) is 9.32. The van der Waals surface area contributed by atoms with Crippen LogP contribution < -0.4 is 10.6 Å². The molecule has 2 bridgehead atoms. The highest BCUT2D eigenvalue weighted by Gasteiger charge is 2.72. The number of nitrogens with one attached hydrogen (secondary N) is 2. The highest BCUT2D eigenvalue weighted by atomic mass is 32.2. The molecule has 1 spiro atoms. The van der Waals surface area contributed by atoms with Crippen molar-refractivity contribution in [2.45, 2.75) is 80.1 Å². The second-order valence-corrected chi connectivity index (χ2v) is 12.6. The summed E-state index contributed by atoms with van der Waals surface area (Å²) >= 11 is 1.61. The van der Waals surface area contributed by atoms with Crippen LogP contribution >= 0.6 is 11.8 Å². The first-order valence-electron chi connectivity index (χ1n) is 14.7. The Morgan fingerprint density at radius 1 is 1.05 bits per heavy atom. The number of nitrogens with zero attached hydrogens (tertiary/aromatic N) is 2. The highest BCUT2D eigenvalue weighted by Crippen LogP contribution is 2.55. The maximum absolute atomic E-state index is 14.1. The van der Waals surface area contributed by atoms with E-state index in [4.69, 9.17) is 4.74 Å². The lowest BCUT2D eigenvalue weighted by Crippen LogP contribution is -2.57.